The number of likely N-dealkylation sites (N-methyl/N-ethyl adjacent to an activating group) is 1. The average Bonchev–Trinajstić information content (AvgIpc) is 2.95. The fourth-order valence-electron chi connectivity index (χ4n) is 2.19. The van der Waals surface area contributed by atoms with Gasteiger partial charge >= 0.3 is 0 Å². The van der Waals surface area contributed by atoms with Gasteiger partial charge in [-0.1, -0.05) is 28.1 Å². The van der Waals surface area contributed by atoms with E-state index in [2.05, 4.69) is 54.3 Å². The molecule has 2 heteroatoms. The van der Waals surface area contributed by atoms with Crippen LogP contribution in [-0.2, 0) is 6.42 Å². The molecule has 0 saturated heterocycles. The van der Waals surface area contributed by atoms with E-state index in [4.69, 9.17) is 0 Å². The zero-order chi connectivity index (χ0) is 11.1. The molecule has 1 N–H and O–H groups in total. The lowest BCUT2D eigenvalue weighted by Gasteiger charge is -2.15. The van der Waals surface area contributed by atoms with Crippen LogP contribution in [0.1, 0.15) is 29.5 Å². The Balaban J connectivity index is 2.23. The van der Waals surface area contributed by atoms with E-state index >= 15 is 0 Å². The Morgan fingerprint density at radius 2 is 1.80 bits per heavy atom. The first-order valence-electron chi connectivity index (χ1n) is 5.51. The van der Waals surface area contributed by atoms with Gasteiger partial charge in [-0.2, -0.15) is 0 Å². The SMILES string of the molecule is CNC1(Cc2cc(C)c(Br)c(C)c2)CC1. The summed E-state index contributed by atoms with van der Waals surface area (Å²) in [6, 6.07) is 4.60. The molecule has 82 valence electrons. The van der Waals surface area contributed by atoms with Gasteiger partial charge in [0.05, 0.1) is 0 Å². The number of nitrogens with one attached hydrogen (secondary N) is 1. The van der Waals surface area contributed by atoms with Crippen LogP contribution in [0.2, 0.25) is 0 Å². The van der Waals surface area contributed by atoms with Crippen molar-refractivity contribution < 1.29 is 0 Å². The predicted octanol–water partition coefficient (Wildman–Crippen LogP) is 3.36. The fraction of sp³-hybridized carbons (Fsp3) is 0.538. The topological polar surface area (TPSA) is 12.0 Å². The van der Waals surface area contributed by atoms with Crippen molar-refractivity contribution in [3.05, 3.63) is 33.3 Å². The number of aryl methyl sites for hydroxylation is 2. The minimum atomic E-state index is 0.409. The number of benzene rings is 1. The minimum absolute atomic E-state index is 0.409. The van der Waals surface area contributed by atoms with Gasteiger partial charge in [0.25, 0.3) is 0 Å². The van der Waals surface area contributed by atoms with Crippen LogP contribution in [0, 0.1) is 13.8 Å². The van der Waals surface area contributed by atoms with E-state index in [9.17, 15) is 0 Å². The number of rotatable bonds is 3. The summed E-state index contributed by atoms with van der Waals surface area (Å²) < 4.78 is 1.25. The molecule has 1 saturated carbocycles. The molecule has 0 aromatic heterocycles. The Hall–Kier alpha value is -0.340. The third kappa shape index (κ3) is 2.26. The molecule has 0 heterocycles. The number of hydrogen-bond donors (Lipinski definition) is 1. The number of hydrogen-bond acceptors (Lipinski definition) is 1. The molecule has 15 heavy (non-hydrogen) atoms. The summed E-state index contributed by atoms with van der Waals surface area (Å²) in [7, 11) is 2.07. The molecule has 0 spiro atoms. The maximum absolute atomic E-state index is 3.61. The van der Waals surface area contributed by atoms with Crippen LogP contribution < -0.4 is 5.32 Å². The van der Waals surface area contributed by atoms with Crippen LogP contribution in [0.3, 0.4) is 0 Å². The summed E-state index contributed by atoms with van der Waals surface area (Å²) >= 11 is 3.61. The van der Waals surface area contributed by atoms with E-state index in [1.54, 1.807) is 0 Å². The molecule has 0 atom stereocenters. The summed E-state index contributed by atoms with van der Waals surface area (Å²) in [4.78, 5) is 0. The Morgan fingerprint density at radius 1 is 1.27 bits per heavy atom. The first kappa shape index (κ1) is 11.2. The molecular formula is C13H18BrN. The summed E-state index contributed by atoms with van der Waals surface area (Å²) in [5.74, 6) is 0. The van der Waals surface area contributed by atoms with Crippen LogP contribution in [0.4, 0.5) is 0 Å². The first-order chi connectivity index (χ1) is 7.06. The van der Waals surface area contributed by atoms with E-state index in [1.165, 1.54) is 40.4 Å². The fourth-order valence-corrected chi connectivity index (χ4v) is 2.42. The molecule has 1 aromatic rings. The normalized spacial score (nSPS) is 17.9. The van der Waals surface area contributed by atoms with E-state index in [0.29, 0.717) is 5.54 Å². The highest BCUT2D eigenvalue weighted by Gasteiger charge is 2.40. The van der Waals surface area contributed by atoms with Gasteiger partial charge in [-0.15, -0.1) is 0 Å². The second-order valence-electron chi connectivity index (χ2n) is 4.75. The highest BCUT2D eigenvalue weighted by molar-refractivity contribution is 9.10. The van der Waals surface area contributed by atoms with Crippen molar-refractivity contribution in [2.75, 3.05) is 7.05 Å². The Bertz CT molecular complexity index is 357. The van der Waals surface area contributed by atoms with Gasteiger partial charge in [-0.25, -0.2) is 0 Å². The zero-order valence-corrected chi connectivity index (χ0v) is 11.2. The van der Waals surface area contributed by atoms with Crippen LogP contribution in [-0.4, -0.2) is 12.6 Å². The lowest BCUT2D eigenvalue weighted by Crippen LogP contribution is -2.29. The van der Waals surface area contributed by atoms with Gasteiger partial charge in [0.15, 0.2) is 0 Å². The van der Waals surface area contributed by atoms with Crippen molar-refractivity contribution in [1.29, 1.82) is 0 Å². The molecular weight excluding hydrogens is 250 g/mol. The van der Waals surface area contributed by atoms with Crippen molar-refractivity contribution in [2.24, 2.45) is 0 Å². The summed E-state index contributed by atoms with van der Waals surface area (Å²) in [5, 5.41) is 3.44. The summed E-state index contributed by atoms with van der Waals surface area (Å²) in [5.41, 5.74) is 4.56. The quantitative estimate of drug-likeness (QED) is 0.886. The third-order valence-corrected chi connectivity index (χ3v) is 4.67. The number of halogens is 1. The Labute approximate surface area is 100 Å². The average molecular weight is 268 g/mol. The van der Waals surface area contributed by atoms with Crippen molar-refractivity contribution >= 4 is 15.9 Å². The van der Waals surface area contributed by atoms with Crippen LogP contribution in [0.5, 0.6) is 0 Å². The van der Waals surface area contributed by atoms with E-state index < -0.39 is 0 Å². The second kappa shape index (κ2) is 3.91. The maximum atomic E-state index is 3.61. The third-order valence-electron chi connectivity index (χ3n) is 3.42. The molecule has 1 aromatic carbocycles. The molecule has 1 fully saturated rings. The summed E-state index contributed by atoms with van der Waals surface area (Å²) in [6.45, 7) is 4.33. The zero-order valence-electron chi connectivity index (χ0n) is 9.65. The maximum Gasteiger partial charge on any atom is 0.0233 e. The van der Waals surface area contributed by atoms with Crippen LogP contribution >= 0.6 is 15.9 Å². The molecule has 0 amide bonds. The Morgan fingerprint density at radius 3 is 2.20 bits per heavy atom. The van der Waals surface area contributed by atoms with E-state index in [-0.39, 0.29) is 0 Å². The van der Waals surface area contributed by atoms with Gasteiger partial charge in [0.1, 0.15) is 0 Å². The smallest absolute Gasteiger partial charge is 0.0233 e. The van der Waals surface area contributed by atoms with E-state index in [1.807, 2.05) is 0 Å². The van der Waals surface area contributed by atoms with Crippen molar-refractivity contribution in [3.8, 4) is 0 Å². The van der Waals surface area contributed by atoms with Gasteiger partial charge in [-0.05, 0) is 56.8 Å². The standard InChI is InChI=1S/C13H18BrN/c1-9-6-11(7-10(2)12(9)14)8-13(15-3)4-5-13/h6-7,15H,4-5,8H2,1-3H3. The van der Waals surface area contributed by atoms with Gasteiger partial charge in [-0.3, -0.25) is 0 Å². The monoisotopic (exact) mass is 267 g/mol. The first-order valence-corrected chi connectivity index (χ1v) is 6.30. The summed E-state index contributed by atoms with van der Waals surface area (Å²) in [6.07, 6.45) is 3.80. The second-order valence-corrected chi connectivity index (χ2v) is 5.54. The largest absolute Gasteiger partial charge is 0.314 e. The predicted molar refractivity (Wildman–Crippen MR) is 68.3 cm³/mol. The van der Waals surface area contributed by atoms with Gasteiger partial charge < -0.3 is 5.32 Å². The molecule has 1 nitrogen and oxygen atoms in total. The molecule has 2 rings (SSSR count). The Kier molecular flexibility index (Phi) is 2.91. The lowest BCUT2D eigenvalue weighted by molar-refractivity contribution is 0.548. The molecule has 1 aliphatic rings. The lowest BCUT2D eigenvalue weighted by atomic mass is 10.00. The van der Waals surface area contributed by atoms with Crippen molar-refractivity contribution in [2.45, 2.75) is 38.6 Å². The molecule has 0 bridgehead atoms. The molecule has 0 aliphatic heterocycles. The molecule has 0 unspecified atom stereocenters. The molecule has 0 radical (unpaired) electrons. The van der Waals surface area contributed by atoms with E-state index in [0.717, 1.165) is 0 Å². The van der Waals surface area contributed by atoms with Crippen molar-refractivity contribution in [1.82, 2.24) is 5.32 Å². The van der Waals surface area contributed by atoms with Gasteiger partial charge in [0, 0.05) is 10.0 Å². The van der Waals surface area contributed by atoms with Gasteiger partial charge in [0.2, 0.25) is 0 Å². The van der Waals surface area contributed by atoms with Crippen molar-refractivity contribution in [3.63, 3.8) is 0 Å². The van der Waals surface area contributed by atoms with Crippen LogP contribution in [0.25, 0.3) is 0 Å². The molecule has 1 aliphatic carbocycles. The highest BCUT2D eigenvalue weighted by Crippen LogP contribution is 2.38. The minimum Gasteiger partial charge on any atom is -0.314 e. The highest BCUT2D eigenvalue weighted by atomic mass is 79.9. The van der Waals surface area contributed by atoms with Crippen LogP contribution in [0.15, 0.2) is 16.6 Å².